The van der Waals surface area contributed by atoms with Crippen LogP contribution in [0, 0.1) is 5.92 Å². The molecule has 1 heterocycles. The Hall–Kier alpha value is -0.180. The highest BCUT2D eigenvalue weighted by atomic mass is 35.5. The van der Waals surface area contributed by atoms with Gasteiger partial charge in [0, 0.05) is 19.3 Å². The highest BCUT2D eigenvalue weighted by Gasteiger charge is 2.08. The van der Waals surface area contributed by atoms with Crippen molar-refractivity contribution in [3.8, 4) is 0 Å². The molecule has 1 unspecified atom stereocenters. The van der Waals surface area contributed by atoms with Crippen molar-refractivity contribution >= 4 is 23.2 Å². The molecule has 0 amide bonds. The molecule has 0 bridgehead atoms. The Balaban J connectivity index is 2.47. The van der Waals surface area contributed by atoms with Crippen LogP contribution in [0.5, 0.6) is 0 Å². The average Bonchev–Trinajstić information content (AvgIpc) is 2.46. The fourth-order valence-corrected chi connectivity index (χ4v) is 1.77. The van der Waals surface area contributed by atoms with E-state index in [1.165, 1.54) is 6.42 Å². The number of rotatable bonds is 5. The van der Waals surface area contributed by atoms with Crippen molar-refractivity contribution < 1.29 is 0 Å². The lowest BCUT2D eigenvalue weighted by molar-refractivity contribution is 0.494. The van der Waals surface area contributed by atoms with Gasteiger partial charge in [0.05, 0.1) is 5.02 Å². The first kappa shape index (κ1) is 12.9. The Bertz CT molecular complexity index is 321. The second-order valence-corrected chi connectivity index (χ2v) is 4.74. The predicted molar refractivity (Wildman–Crippen MR) is 66.6 cm³/mol. The highest BCUT2D eigenvalue weighted by Crippen LogP contribution is 2.24. The molecule has 1 rings (SSSR count). The second kappa shape index (κ2) is 5.78. The molecular formula is C11H18Cl2N2. The van der Waals surface area contributed by atoms with Gasteiger partial charge in [0.1, 0.15) is 5.15 Å². The van der Waals surface area contributed by atoms with Gasteiger partial charge in [-0.05, 0) is 18.5 Å². The van der Waals surface area contributed by atoms with Crippen molar-refractivity contribution in [3.05, 3.63) is 21.9 Å². The minimum Gasteiger partial charge on any atom is -0.336 e. The second-order valence-electron chi connectivity index (χ2n) is 3.98. The number of aromatic nitrogens is 1. The van der Waals surface area contributed by atoms with Crippen LogP contribution < -0.4 is 5.32 Å². The van der Waals surface area contributed by atoms with Crippen LogP contribution in [-0.2, 0) is 13.6 Å². The van der Waals surface area contributed by atoms with E-state index in [1.54, 1.807) is 0 Å². The fraction of sp³-hybridized carbons (Fsp3) is 0.636. The fourth-order valence-electron chi connectivity index (χ4n) is 1.35. The first-order valence-corrected chi connectivity index (χ1v) is 6.02. The monoisotopic (exact) mass is 248 g/mol. The van der Waals surface area contributed by atoms with E-state index >= 15 is 0 Å². The first-order valence-electron chi connectivity index (χ1n) is 5.26. The van der Waals surface area contributed by atoms with Crippen molar-refractivity contribution in [1.29, 1.82) is 0 Å². The van der Waals surface area contributed by atoms with Gasteiger partial charge < -0.3 is 9.88 Å². The van der Waals surface area contributed by atoms with Crippen LogP contribution in [0.25, 0.3) is 0 Å². The number of hydrogen-bond donors (Lipinski definition) is 1. The predicted octanol–water partition coefficient (Wildman–Crippen LogP) is 3.47. The zero-order valence-corrected chi connectivity index (χ0v) is 11.0. The Labute approximate surface area is 102 Å². The summed E-state index contributed by atoms with van der Waals surface area (Å²) in [6, 6.07) is 1.91. The van der Waals surface area contributed by atoms with Gasteiger partial charge in [-0.25, -0.2) is 0 Å². The van der Waals surface area contributed by atoms with Gasteiger partial charge in [0.15, 0.2) is 0 Å². The van der Waals surface area contributed by atoms with E-state index in [0.717, 1.165) is 18.8 Å². The lowest BCUT2D eigenvalue weighted by Crippen LogP contribution is -2.21. The summed E-state index contributed by atoms with van der Waals surface area (Å²) < 4.78 is 1.91. The molecule has 0 radical (unpaired) electrons. The smallest absolute Gasteiger partial charge is 0.127 e. The first-order chi connectivity index (χ1) is 7.06. The molecule has 0 spiro atoms. The topological polar surface area (TPSA) is 17.0 Å². The summed E-state index contributed by atoms with van der Waals surface area (Å²) >= 11 is 11.9. The van der Waals surface area contributed by atoms with E-state index in [0.29, 0.717) is 16.1 Å². The summed E-state index contributed by atoms with van der Waals surface area (Å²) in [6.07, 6.45) is 1.20. The van der Waals surface area contributed by atoms with Gasteiger partial charge in [0.2, 0.25) is 0 Å². The van der Waals surface area contributed by atoms with E-state index in [4.69, 9.17) is 23.2 Å². The summed E-state index contributed by atoms with van der Waals surface area (Å²) in [4.78, 5) is 0. The molecule has 0 aliphatic heterocycles. The van der Waals surface area contributed by atoms with E-state index in [9.17, 15) is 0 Å². The van der Waals surface area contributed by atoms with Gasteiger partial charge in [-0.1, -0.05) is 43.5 Å². The number of nitrogens with zero attached hydrogens (tertiary/aromatic N) is 1. The summed E-state index contributed by atoms with van der Waals surface area (Å²) in [7, 11) is 1.93. The third kappa shape index (κ3) is 3.40. The van der Waals surface area contributed by atoms with E-state index < -0.39 is 0 Å². The van der Waals surface area contributed by atoms with Crippen LogP contribution in [-0.4, -0.2) is 11.1 Å². The molecule has 1 aromatic heterocycles. The lowest BCUT2D eigenvalue weighted by Gasteiger charge is -2.10. The zero-order valence-electron chi connectivity index (χ0n) is 9.48. The molecule has 1 N–H and O–H groups in total. The van der Waals surface area contributed by atoms with E-state index in [2.05, 4.69) is 19.2 Å². The lowest BCUT2D eigenvalue weighted by atomic mass is 10.1. The average molecular weight is 249 g/mol. The molecule has 1 atom stereocenters. The van der Waals surface area contributed by atoms with Crippen molar-refractivity contribution in [2.75, 3.05) is 6.54 Å². The van der Waals surface area contributed by atoms with Crippen LogP contribution in [0.15, 0.2) is 6.07 Å². The zero-order chi connectivity index (χ0) is 11.4. The summed E-state index contributed by atoms with van der Waals surface area (Å²) in [6.45, 7) is 6.27. The summed E-state index contributed by atoms with van der Waals surface area (Å²) in [5, 5.41) is 4.63. The molecule has 0 aromatic carbocycles. The minimum absolute atomic E-state index is 0.608. The molecule has 0 aliphatic rings. The molecule has 0 fully saturated rings. The maximum atomic E-state index is 5.97. The molecule has 0 saturated heterocycles. The van der Waals surface area contributed by atoms with Gasteiger partial charge in [0.25, 0.3) is 0 Å². The van der Waals surface area contributed by atoms with Crippen LogP contribution in [0.3, 0.4) is 0 Å². The Morgan fingerprint density at radius 3 is 2.60 bits per heavy atom. The minimum atomic E-state index is 0.608. The van der Waals surface area contributed by atoms with Gasteiger partial charge >= 0.3 is 0 Å². The SMILES string of the molecule is CCC(C)CNCc1cc(Cl)c(Cl)n1C. The maximum absolute atomic E-state index is 5.97. The van der Waals surface area contributed by atoms with E-state index in [1.807, 2.05) is 17.7 Å². The van der Waals surface area contributed by atoms with Crippen LogP contribution in [0.4, 0.5) is 0 Å². The molecule has 0 saturated carbocycles. The molecule has 1 aromatic rings. The van der Waals surface area contributed by atoms with Crippen molar-refractivity contribution in [2.24, 2.45) is 13.0 Å². The van der Waals surface area contributed by atoms with Crippen LogP contribution in [0.1, 0.15) is 26.0 Å². The highest BCUT2D eigenvalue weighted by molar-refractivity contribution is 6.41. The van der Waals surface area contributed by atoms with Crippen molar-refractivity contribution in [1.82, 2.24) is 9.88 Å². The summed E-state index contributed by atoms with van der Waals surface area (Å²) in [5.74, 6) is 0.705. The quantitative estimate of drug-likeness (QED) is 0.845. The number of nitrogens with one attached hydrogen (secondary N) is 1. The normalized spacial score (nSPS) is 13.1. The molecule has 2 nitrogen and oxygen atoms in total. The van der Waals surface area contributed by atoms with Gasteiger partial charge in [-0.15, -0.1) is 0 Å². The van der Waals surface area contributed by atoms with Crippen molar-refractivity contribution in [2.45, 2.75) is 26.8 Å². The molecule has 0 aliphatic carbocycles. The van der Waals surface area contributed by atoms with Crippen LogP contribution in [0.2, 0.25) is 10.2 Å². The molecule has 15 heavy (non-hydrogen) atoms. The van der Waals surface area contributed by atoms with Crippen molar-refractivity contribution in [3.63, 3.8) is 0 Å². The third-order valence-corrected chi connectivity index (χ3v) is 3.55. The van der Waals surface area contributed by atoms with E-state index in [-0.39, 0.29) is 0 Å². The Kier molecular flexibility index (Phi) is 4.97. The molecular weight excluding hydrogens is 231 g/mol. The standard InChI is InChI=1S/C11H18Cl2N2/c1-4-8(2)6-14-7-9-5-10(12)11(13)15(9)3/h5,8,14H,4,6-7H2,1-3H3. The molecule has 86 valence electrons. The molecule has 4 heteroatoms. The number of hydrogen-bond acceptors (Lipinski definition) is 1. The Morgan fingerprint density at radius 2 is 2.13 bits per heavy atom. The van der Waals surface area contributed by atoms with Crippen LogP contribution >= 0.6 is 23.2 Å². The van der Waals surface area contributed by atoms with Gasteiger partial charge in [-0.2, -0.15) is 0 Å². The maximum Gasteiger partial charge on any atom is 0.127 e. The number of halogens is 2. The third-order valence-electron chi connectivity index (χ3n) is 2.71. The largest absolute Gasteiger partial charge is 0.336 e. The van der Waals surface area contributed by atoms with Gasteiger partial charge in [-0.3, -0.25) is 0 Å². The Morgan fingerprint density at radius 1 is 1.47 bits per heavy atom. The summed E-state index contributed by atoms with van der Waals surface area (Å²) in [5.41, 5.74) is 1.12.